The molecule has 2 heterocycles. The van der Waals surface area contributed by atoms with Crippen LogP contribution in [0.25, 0.3) is 11.0 Å². The molecule has 1 aromatic heterocycles. The molecule has 3 aromatic rings. The Hall–Kier alpha value is -2.24. The number of anilines is 1. The number of carbonyl (C=O) groups is 1. The van der Waals surface area contributed by atoms with Gasteiger partial charge in [-0.2, -0.15) is 0 Å². The highest BCUT2D eigenvalue weighted by atomic mass is 35.5. The van der Waals surface area contributed by atoms with Crippen LogP contribution in [0.3, 0.4) is 0 Å². The van der Waals surface area contributed by atoms with Gasteiger partial charge >= 0.3 is 0 Å². The summed E-state index contributed by atoms with van der Waals surface area (Å²) in [6, 6.07) is 10.7. The molecule has 28 heavy (non-hydrogen) atoms. The number of carbonyl (C=O) groups excluding carboxylic acids is 1. The summed E-state index contributed by atoms with van der Waals surface area (Å²) < 4.78 is 7.97. The maximum Gasteiger partial charge on any atom is 0.265 e. The van der Waals surface area contributed by atoms with Gasteiger partial charge in [-0.25, -0.2) is 4.98 Å². The number of benzene rings is 2. The molecule has 0 saturated carbocycles. The molecule has 5 nitrogen and oxygen atoms in total. The molecule has 4 rings (SSSR count). The van der Waals surface area contributed by atoms with E-state index in [0.717, 1.165) is 29.8 Å². The number of imidazole rings is 1. The predicted molar refractivity (Wildman–Crippen MR) is 112 cm³/mol. The highest BCUT2D eigenvalue weighted by Gasteiger charge is 2.18. The number of halogens is 2. The first kappa shape index (κ1) is 19.1. The summed E-state index contributed by atoms with van der Waals surface area (Å²) >= 11 is 12.0. The van der Waals surface area contributed by atoms with E-state index in [1.165, 1.54) is 19.3 Å². The van der Waals surface area contributed by atoms with Crippen LogP contribution in [0.1, 0.15) is 32.0 Å². The molecule has 7 heteroatoms. The van der Waals surface area contributed by atoms with Crippen molar-refractivity contribution in [3.8, 4) is 5.75 Å². The van der Waals surface area contributed by atoms with Gasteiger partial charge in [-0.3, -0.25) is 4.79 Å². The number of aryl methyl sites for hydroxylation is 2. The minimum Gasteiger partial charge on any atom is -0.479 e. The first-order valence-corrected chi connectivity index (χ1v) is 10.2. The molecule has 0 fully saturated rings. The average Bonchev–Trinajstić information content (AvgIpc) is 2.83. The largest absolute Gasteiger partial charge is 0.479 e. The van der Waals surface area contributed by atoms with E-state index in [9.17, 15) is 4.79 Å². The monoisotopic (exact) mass is 417 g/mol. The molecule has 0 saturated heterocycles. The Labute approximate surface area is 173 Å². The normalized spacial score (nSPS) is 15.0. The van der Waals surface area contributed by atoms with Crippen molar-refractivity contribution in [2.45, 2.75) is 45.3 Å². The maximum absolute atomic E-state index is 12.5. The molecule has 2 aromatic carbocycles. The highest BCUT2D eigenvalue weighted by molar-refractivity contribution is 6.35. The number of rotatable bonds is 4. The van der Waals surface area contributed by atoms with E-state index in [4.69, 9.17) is 32.9 Å². The Kier molecular flexibility index (Phi) is 5.47. The minimum absolute atomic E-state index is 0.258. The lowest BCUT2D eigenvalue weighted by Gasteiger charge is -2.16. The van der Waals surface area contributed by atoms with Crippen LogP contribution in [-0.2, 0) is 17.8 Å². The van der Waals surface area contributed by atoms with E-state index in [2.05, 4.69) is 9.88 Å². The summed E-state index contributed by atoms with van der Waals surface area (Å²) in [5, 5.41) is 3.78. The molecule has 1 atom stereocenters. The third-order valence-corrected chi connectivity index (χ3v) is 5.47. The summed E-state index contributed by atoms with van der Waals surface area (Å²) in [7, 11) is 0. The number of amides is 1. The molecular formula is C21H21Cl2N3O2. The summed E-state index contributed by atoms with van der Waals surface area (Å²) in [5.41, 5.74) is 2.72. The van der Waals surface area contributed by atoms with Gasteiger partial charge in [-0.15, -0.1) is 0 Å². The van der Waals surface area contributed by atoms with Crippen LogP contribution in [0.4, 0.5) is 5.69 Å². The Bertz CT molecular complexity index is 1030. The fourth-order valence-electron chi connectivity index (χ4n) is 3.49. The number of aromatic nitrogens is 2. The van der Waals surface area contributed by atoms with Gasteiger partial charge in [0.25, 0.3) is 5.91 Å². The maximum atomic E-state index is 12.5. The molecule has 1 aliphatic heterocycles. The molecule has 0 bridgehead atoms. The zero-order valence-electron chi connectivity index (χ0n) is 15.5. The summed E-state index contributed by atoms with van der Waals surface area (Å²) in [4.78, 5) is 17.3. The second-order valence-electron chi connectivity index (χ2n) is 7.02. The van der Waals surface area contributed by atoms with E-state index >= 15 is 0 Å². The first-order chi connectivity index (χ1) is 13.5. The second kappa shape index (κ2) is 8.02. The van der Waals surface area contributed by atoms with E-state index in [0.29, 0.717) is 21.5 Å². The number of nitrogens with zero attached hydrogens (tertiary/aromatic N) is 2. The molecule has 146 valence electrons. The SMILES string of the molecule is CC(Oc1ccc(Cl)cc1Cl)C(=O)Nc1ccc2c(c1)nc1n2CCCCC1. The van der Waals surface area contributed by atoms with Gasteiger partial charge in [0.15, 0.2) is 6.10 Å². The predicted octanol–water partition coefficient (Wildman–Crippen LogP) is 5.48. The summed E-state index contributed by atoms with van der Waals surface area (Å²) in [6.07, 6.45) is 3.89. The molecule has 0 radical (unpaired) electrons. The van der Waals surface area contributed by atoms with Gasteiger partial charge in [-0.1, -0.05) is 29.6 Å². The minimum atomic E-state index is -0.715. The molecule has 1 amide bonds. The van der Waals surface area contributed by atoms with Crippen molar-refractivity contribution in [1.29, 1.82) is 0 Å². The van der Waals surface area contributed by atoms with Crippen molar-refractivity contribution in [2.75, 3.05) is 5.32 Å². The average molecular weight is 418 g/mol. The Morgan fingerprint density at radius 1 is 1.18 bits per heavy atom. The van der Waals surface area contributed by atoms with Crippen molar-refractivity contribution in [1.82, 2.24) is 9.55 Å². The summed E-state index contributed by atoms with van der Waals surface area (Å²) in [6.45, 7) is 2.68. The molecule has 1 N–H and O–H groups in total. The van der Waals surface area contributed by atoms with Crippen LogP contribution in [0.2, 0.25) is 10.0 Å². The van der Waals surface area contributed by atoms with Crippen molar-refractivity contribution >= 4 is 45.8 Å². The van der Waals surface area contributed by atoms with Crippen molar-refractivity contribution in [3.63, 3.8) is 0 Å². The topological polar surface area (TPSA) is 56.1 Å². The molecule has 0 aliphatic carbocycles. The molecular weight excluding hydrogens is 397 g/mol. The van der Waals surface area contributed by atoms with Crippen LogP contribution in [0.5, 0.6) is 5.75 Å². The second-order valence-corrected chi connectivity index (χ2v) is 7.86. The van der Waals surface area contributed by atoms with Crippen LogP contribution in [0.15, 0.2) is 36.4 Å². The van der Waals surface area contributed by atoms with E-state index in [-0.39, 0.29) is 5.91 Å². The summed E-state index contributed by atoms with van der Waals surface area (Å²) in [5.74, 6) is 1.29. The first-order valence-electron chi connectivity index (χ1n) is 9.43. The lowest BCUT2D eigenvalue weighted by molar-refractivity contribution is -0.122. The van der Waals surface area contributed by atoms with Crippen LogP contribution in [-0.4, -0.2) is 21.6 Å². The van der Waals surface area contributed by atoms with E-state index in [1.54, 1.807) is 25.1 Å². The van der Waals surface area contributed by atoms with Gasteiger partial charge in [-0.05, 0) is 56.2 Å². The fourth-order valence-corrected chi connectivity index (χ4v) is 3.94. The van der Waals surface area contributed by atoms with Gasteiger partial charge in [0.2, 0.25) is 0 Å². The van der Waals surface area contributed by atoms with Crippen molar-refractivity contribution in [2.24, 2.45) is 0 Å². The number of hydrogen-bond acceptors (Lipinski definition) is 3. The smallest absolute Gasteiger partial charge is 0.265 e. The fraction of sp³-hybridized carbons (Fsp3) is 0.333. The van der Waals surface area contributed by atoms with Crippen LogP contribution >= 0.6 is 23.2 Å². The number of nitrogens with one attached hydrogen (secondary N) is 1. The molecule has 1 aliphatic rings. The van der Waals surface area contributed by atoms with Crippen LogP contribution < -0.4 is 10.1 Å². The molecule has 0 spiro atoms. The van der Waals surface area contributed by atoms with E-state index < -0.39 is 6.10 Å². The standard InChI is InChI=1S/C21H21Cl2N3O2/c1-13(28-19-9-6-14(22)11-16(19)23)21(27)24-15-7-8-18-17(12-15)25-20-5-3-2-4-10-26(18)20/h6-9,11-13H,2-5,10H2,1H3,(H,24,27). The zero-order valence-corrected chi connectivity index (χ0v) is 17.1. The Balaban J connectivity index is 1.48. The number of hydrogen-bond donors (Lipinski definition) is 1. The molecule has 1 unspecified atom stereocenters. The van der Waals surface area contributed by atoms with Gasteiger partial charge < -0.3 is 14.6 Å². The quantitative estimate of drug-likeness (QED) is 0.611. The zero-order chi connectivity index (χ0) is 19.7. The Morgan fingerprint density at radius 2 is 2.04 bits per heavy atom. The van der Waals surface area contributed by atoms with E-state index in [1.807, 2.05) is 18.2 Å². The third kappa shape index (κ3) is 3.96. The lowest BCUT2D eigenvalue weighted by Crippen LogP contribution is -2.30. The number of fused-ring (bicyclic) bond motifs is 3. The van der Waals surface area contributed by atoms with Gasteiger partial charge in [0.05, 0.1) is 16.1 Å². The van der Waals surface area contributed by atoms with Gasteiger partial charge in [0.1, 0.15) is 11.6 Å². The lowest BCUT2D eigenvalue weighted by atomic mass is 10.2. The Morgan fingerprint density at radius 3 is 2.86 bits per heavy atom. The van der Waals surface area contributed by atoms with Crippen molar-refractivity contribution < 1.29 is 9.53 Å². The third-order valence-electron chi connectivity index (χ3n) is 4.94. The number of ether oxygens (including phenoxy) is 1. The highest BCUT2D eigenvalue weighted by Crippen LogP contribution is 2.29. The van der Waals surface area contributed by atoms with Crippen molar-refractivity contribution in [3.05, 3.63) is 52.3 Å². The van der Waals surface area contributed by atoms with Gasteiger partial charge in [0, 0.05) is 23.7 Å². The van der Waals surface area contributed by atoms with Crippen LogP contribution in [0, 0.1) is 0 Å².